The minimum Gasteiger partial charge on any atom is -0.0651 e. The van der Waals surface area contributed by atoms with E-state index in [0.717, 1.165) is 16.7 Å². The number of hydrogen-bond acceptors (Lipinski definition) is 0. The van der Waals surface area contributed by atoms with Crippen molar-refractivity contribution in [3.63, 3.8) is 0 Å². The van der Waals surface area contributed by atoms with Gasteiger partial charge in [-0.3, -0.25) is 0 Å². The van der Waals surface area contributed by atoms with Crippen molar-refractivity contribution < 1.29 is 0 Å². The van der Waals surface area contributed by atoms with Gasteiger partial charge in [0.1, 0.15) is 0 Å². The smallest absolute Gasteiger partial charge is 0.0207 e. The van der Waals surface area contributed by atoms with Gasteiger partial charge >= 0.3 is 0 Å². The summed E-state index contributed by atoms with van der Waals surface area (Å²) >= 11 is 0. The predicted molar refractivity (Wildman–Crippen MR) is 41.7 cm³/mol. The first-order valence-corrected chi connectivity index (χ1v) is 4.83. The van der Waals surface area contributed by atoms with Crippen molar-refractivity contribution in [1.82, 2.24) is 0 Å². The van der Waals surface area contributed by atoms with Gasteiger partial charge in [0.2, 0.25) is 0 Å². The van der Waals surface area contributed by atoms with E-state index in [1.807, 2.05) is 0 Å². The zero-order chi connectivity index (χ0) is 6.82. The van der Waals surface area contributed by atoms with Crippen molar-refractivity contribution >= 4 is 0 Å². The Kier molecular flexibility index (Phi) is 0.735. The lowest BCUT2D eigenvalue weighted by atomic mass is 9.67. The van der Waals surface area contributed by atoms with E-state index in [1.165, 1.54) is 6.42 Å². The van der Waals surface area contributed by atoms with Crippen LogP contribution in [0.4, 0.5) is 0 Å². The molecule has 2 unspecified atom stereocenters. The first kappa shape index (κ1) is 5.62. The van der Waals surface area contributed by atoms with Gasteiger partial charge in [0, 0.05) is 0 Å². The van der Waals surface area contributed by atoms with Crippen molar-refractivity contribution in [1.29, 1.82) is 0 Å². The SMILES string of the molecule is CCC1CCC12CC21CC1. The molecule has 3 saturated carbocycles. The van der Waals surface area contributed by atoms with E-state index in [9.17, 15) is 0 Å². The average molecular weight is 136 g/mol. The molecule has 3 fully saturated rings. The van der Waals surface area contributed by atoms with Gasteiger partial charge in [-0.15, -0.1) is 0 Å². The lowest BCUT2D eigenvalue weighted by molar-refractivity contribution is 0.118. The molecule has 0 radical (unpaired) electrons. The molecule has 0 aromatic carbocycles. The third-order valence-electron chi connectivity index (χ3n) is 4.65. The molecule has 3 aliphatic rings. The second-order valence-electron chi connectivity index (χ2n) is 4.76. The standard InChI is InChI=1S/C10H16/c1-2-8-3-4-10(8)7-9(10)5-6-9/h8H,2-7H2,1H3. The fourth-order valence-corrected chi connectivity index (χ4v) is 3.61. The summed E-state index contributed by atoms with van der Waals surface area (Å²) in [6, 6.07) is 0. The van der Waals surface area contributed by atoms with Gasteiger partial charge in [-0.2, -0.15) is 0 Å². The molecule has 0 saturated heterocycles. The highest BCUT2D eigenvalue weighted by atomic mass is 14.8. The van der Waals surface area contributed by atoms with Crippen molar-refractivity contribution in [2.75, 3.05) is 0 Å². The number of fused-ring (bicyclic) bond motifs is 1. The van der Waals surface area contributed by atoms with Crippen LogP contribution in [0.25, 0.3) is 0 Å². The highest BCUT2D eigenvalue weighted by Gasteiger charge is 2.77. The zero-order valence-electron chi connectivity index (χ0n) is 6.82. The molecule has 3 rings (SSSR count). The Morgan fingerprint density at radius 3 is 2.40 bits per heavy atom. The number of hydrogen-bond donors (Lipinski definition) is 0. The molecular weight excluding hydrogens is 120 g/mol. The van der Waals surface area contributed by atoms with Crippen LogP contribution in [0.3, 0.4) is 0 Å². The molecule has 0 bridgehead atoms. The first-order chi connectivity index (χ1) is 4.83. The molecule has 0 N–H and O–H groups in total. The molecule has 0 aromatic heterocycles. The van der Waals surface area contributed by atoms with Gasteiger partial charge in [0.25, 0.3) is 0 Å². The second-order valence-corrected chi connectivity index (χ2v) is 4.76. The van der Waals surface area contributed by atoms with Crippen LogP contribution in [0.1, 0.15) is 45.4 Å². The Labute approximate surface area is 63.0 Å². The Morgan fingerprint density at radius 2 is 2.10 bits per heavy atom. The van der Waals surface area contributed by atoms with Gasteiger partial charge in [-0.05, 0) is 48.9 Å². The molecule has 2 spiro atoms. The van der Waals surface area contributed by atoms with Crippen LogP contribution in [0.2, 0.25) is 0 Å². The Hall–Kier alpha value is 0. The van der Waals surface area contributed by atoms with Crippen molar-refractivity contribution in [3.8, 4) is 0 Å². The summed E-state index contributed by atoms with van der Waals surface area (Å²) in [6.07, 6.45) is 9.40. The van der Waals surface area contributed by atoms with Crippen molar-refractivity contribution in [2.45, 2.75) is 45.4 Å². The van der Waals surface area contributed by atoms with Gasteiger partial charge in [0.15, 0.2) is 0 Å². The highest BCUT2D eigenvalue weighted by Crippen LogP contribution is 2.87. The van der Waals surface area contributed by atoms with Gasteiger partial charge < -0.3 is 0 Å². The van der Waals surface area contributed by atoms with Crippen molar-refractivity contribution in [3.05, 3.63) is 0 Å². The fourth-order valence-electron chi connectivity index (χ4n) is 3.61. The molecule has 0 heterocycles. The zero-order valence-corrected chi connectivity index (χ0v) is 6.82. The Balaban J connectivity index is 1.83. The lowest BCUT2D eigenvalue weighted by Gasteiger charge is -2.38. The molecular formula is C10H16. The molecule has 0 aromatic rings. The van der Waals surface area contributed by atoms with Crippen LogP contribution in [-0.4, -0.2) is 0 Å². The summed E-state index contributed by atoms with van der Waals surface area (Å²) in [4.78, 5) is 0. The highest BCUT2D eigenvalue weighted by molar-refractivity contribution is 5.27. The van der Waals surface area contributed by atoms with Crippen molar-refractivity contribution in [2.24, 2.45) is 16.7 Å². The fraction of sp³-hybridized carbons (Fsp3) is 1.00. The largest absolute Gasteiger partial charge is 0.0651 e. The summed E-state index contributed by atoms with van der Waals surface area (Å²) < 4.78 is 0. The van der Waals surface area contributed by atoms with Gasteiger partial charge in [0.05, 0.1) is 0 Å². The lowest BCUT2D eigenvalue weighted by Crippen LogP contribution is -2.29. The Bertz CT molecular complexity index is 176. The summed E-state index contributed by atoms with van der Waals surface area (Å²) in [7, 11) is 0. The molecule has 10 heavy (non-hydrogen) atoms. The quantitative estimate of drug-likeness (QED) is 0.520. The molecule has 56 valence electrons. The van der Waals surface area contributed by atoms with E-state index in [2.05, 4.69) is 6.92 Å². The topological polar surface area (TPSA) is 0 Å². The third-order valence-corrected chi connectivity index (χ3v) is 4.65. The average Bonchev–Trinajstić information content (AvgIpc) is 2.73. The van der Waals surface area contributed by atoms with E-state index in [-0.39, 0.29) is 0 Å². The molecule has 0 nitrogen and oxygen atoms in total. The summed E-state index contributed by atoms with van der Waals surface area (Å²) in [5.41, 5.74) is 1.91. The maximum atomic E-state index is 2.37. The van der Waals surface area contributed by atoms with Crippen LogP contribution >= 0.6 is 0 Å². The minimum absolute atomic E-state index is 0.946. The van der Waals surface area contributed by atoms with Crippen LogP contribution in [0.15, 0.2) is 0 Å². The second kappa shape index (κ2) is 1.31. The van der Waals surface area contributed by atoms with E-state index < -0.39 is 0 Å². The Morgan fingerprint density at radius 1 is 1.30 bits per heavy atom. The van der Waals surface area contributed by atoms with E-state index in [4.69, 9.17) is 0 Å². The van der Waals surface area contributed by atoms with Gasteiger partial charge in [-0.1, -0.05) is 13.3 Å². The first-order valence-electron chi connectivity index (χ1n) is 4.83. The summed E-state index contributed by atoms with van der Waals surface area (Å²) in [5.74, 6) is 1.15. The molecule has 2 atom stereocenters. The maximum Gasteiger partial charge on any atom is -0.0207 e. The van der Waals surface area contributed by atoms with E-state index in [0.29, 0.717) is 0 Å². The monoisotopic (exact) mass is 136 g/mol. The molecule has 0 amide bonds. The van der Waals surface area contributed by atoms with Crippen LogP contribution in [0, 0.1) is 16.7 Å². The summed E-state index contributed by atoms with van der Waals surface area (Å²) in [5, 5.41) is 0. The van der Waals surface area contributed by atoms with Crippen LogP contribution in [0.5, 0.6) is 0 Å². The summed E-state index contributed by atoms with van der Waals surface area (Å²) in [6.45, 7) is 2.37. The molecule has 0 aliphatic heterocycles. The normalized spacial score (nSPS) is 53.1. The van der Waals surface area contributed by atoms with E-state index in [1.54, 1.807) is 32.1 Å². The minimum atomic E-state index is 0.946. The predicted octanol–water partition coefficient (Wildman–Crippen LogP) is 2.98. The van der Waals surface area contributed by atoms with Crippen LogP contribution < -0.4 is 0 Å². The van der Waals surface area contributed by atoms with E-state index >= 15 is 0 Å². The number of rotatable bonds is 1. The van der Waals surface area contributed by atoms with Crippen LogP contribution in [-0.2, 0) is 0 Å². The molecule has 0 heteroatoms. The third kappa shape index (κ3) is 0.383. The maximum absolute atomic E-state index is 2.37. The molecule has 3 aliphatic carbocycles. The van der Waals surface area contributed by atoms with Gasteiger partial charge in [-0.25, -0.2) is 0 Å².